The number of methoxy groups -OCH3 is 1. The Hall–Kier alpha value is -3.02. The molecule has 0 bridgehead atoms. The third kappa shape index (κ3) is 2.38. The van der Waals surface area contributed by atoms with Crippen LogP contribution in [0.5, 0.6) is 5.75 Å². The Bertz CT molecular complexity index is 775. The molecule has 0 spiro atoms. The Morgan fingerprint density at radius 3 is 2.81 bits per heavy atom. The first-order valence-corrected chi connectivity index (χ1v) is 6.20. The van der Waals surface area contributed by atoms with E-state index in [0.29, 0.717) is 22.9 Å². The van der Waals surface area contributed by atoms with Crippen LogP contribution in [0.25, 0.3) is 17.1 Å². The van der Waals surface area contributed by atoms with Crippen LogP contribution < -0.4 is 4.74 Å². The van der Waals surface area contributed by atoms with Crippen LogP contribution in [0.2, 0.25) is 0 Å². The van der Waals surface area contributed by atoms with Gasteiger partial charge < -0.3 is 14.3 Å². The minimum absolute atomic E-state index is 0.0506. The lowest BCUT2D eigenvalue weighted by Gasteiger charge is -2.06. The summed E-state index contributed by atoms with van der Waals surface area (Å²) in [6.45, 7) is 0. The van der Waals surface area contributed by atoms with Gasteiger partial charge in [-0.15, -0.1) is 0 Å². The number of benzene rings is 1. The van der Waals surface area contributed by atoms with Gasteiger partial charge in [-0.3, -0.25) is 0 Å². The molecule has 2 aromatic heterocycles. The number of furan rings is 1. The number of carboxylic acids is 1. The van der Waals surface area contributed by atoms with E-state index in [4.69, 9.17) is 9.15 Å². The molecule has 2 heterocycles. The Morgan fingerprint density at radius 1 is 1.29 bits per heavy atom. The molecule has 0 aliphatic rings. The Morgan fingerprint density at radius 2 is 2.14 bits per heavy atom. The van der Waals surface area contributed by atoms with Gasteiger partial charge in [0.15, 0.2) is 11.5 Å². The van der Waals surface area contributed by atoms with Crippen molar-refractivity contribution < 1.29 is 19.1 Å². The summed E-state index contributed by atoms with van der Waals surface area (Å²) in [7, 11) is 1.55. The number of carbonyl (C=O) groups is 1. The molecule has 21 heavy (non-hydrogen) atoms. The van der Waals surface area contributed by atoms with Crippen molar-refractivity contribution in [1.82, 2.24) is 9.78 Å². The predicted molar refractivity (Wildman–Crippen MR) is 74.8 cm³/mol. The highest BCUT2D eigenvalue weighted by molar-refractivity contribution is 5.87. The summed E-state index contributed by atoms with van der Waals surface area (Å²) in [5.74, 6) is 0.0705. The Balaban J connectivity index is 2.14. The maximum absolute atomic E-state index is 11.4. The molecular formula is C15H12N2O4. The number of rotatable bonds is 4. The smallest absolute Gasteiger partial charge is 0.354 e. The van der Waals surface area contributed by atoms with Crippen molar-refractivity contribution >= 4 is 5.97 Å². The maximum Gasteiger partial charge on any atom is 0.354 e. The largest absolute Gasteiger partial charge is 0.497 e. The molecule has 0 aliphatic carbocycles. The maximum atomic E-state index is 11.4. The summed E-state index contributed by atoms with van der Waals surface area (Å²) in [6.07, 6.45) is 1.51. The third-order valence-corrected chi connectivity index (χ3v) is 3.00. The topological polar surface area (TPSA) is 77.5 Å². The normalized spacial score (nSPS) is 10.5. The molecule has 0 saturated carbocycles. The SMILES string of the molecule is COc1cccc(-n2nc(-c3ccco3)cc2C(=O)O)c1. The molecule has 1 aromatic carbocycles. The molecule has 3 rings (SSSR count). The number of nitrogens with zero attached hydrogens (tertiary/aromatic N) is 2. The van der Waals surface area contributed by atoms with Gasteiger partial charge in [0.05, 0.1) is 19.1 Å². The highest BCUT2D eigenvalue weighted by atomic mass is 16.5. The van der Waals surface area contributed by atoms with Gasteiger partial charge in [0, 0.05) is 12.1 Å². The summed E-state index contributed by atoms with van der Waals surface area (Å²) < 4.78 is 11.8. The molecule has 3 aromatic rings. The molecule has 0 amide bonds. The molecule has 0 radical (unpaired) electrons. The number of ether oxygens (including phenoxy) is 1. The average Bonchev–Trinajstić information content (AvgIpc) is 3.16. The van der Waals surface area contributed by atoms with Gasteiger partial charge in [-0.25, -0.2) is 9.48 Å². The molecule has 6 heteroatoms. The van der Waals surface area contributed by atoms with E-state index in [9.17, 15) is 9.90 Å². The number of aromatic carboxylic acids is 1. The van der Waals surface area contributed by atoms with Crippen LogP contribution in [0.3, 0.4) is 0 Å². The molecule has 106 valence electrons. The lowest BCUT2D eigenvalue weighted by Crippen LogP contribution is -2.07. The van der Waals surface area contributed by atoms with Crippen molar-refractivity contribution in [3.8, 4) is 22.9 Å². The monoisotopic (exact) mass is 284 g/mol. The molecule has 0 aliphatic heterocycles. The highest BCUT2D eigenvalue weighted by Gasteiger charge is 2.18. The number of aromatic nitrogens is 2. The van der Waals surface area contributed by atoms with E-state index in [1.807, 2.05) is 0 Å². The van der Waals surface area contributed by atoms with Crippen LogP contribution in [0.1, 0.15) is 10.5 Å². The molecule has 0 unspecified atom stereocenters. The minimum atomic E-state index is -1.07. The van der Waals surface area contributed by atoms with Crippen molar-refractivity contribution in [2.45, 2.75) is 0 Å². The molecule has 0 atom stereocenters. The zero-order chi connectivity index (χ0) is 14.8. The fourth-order valence-electron chi connectivity index (χ4n) is 2.02. The molecule has 1 N–H and O–H groups in total. The summed E-state index contributed by atoms with van der Waals surface area (Å²) in [4.78, 5) is 11.4. The first kappa shape index (κ1) is 13.0. The first-order valence-electron chi connectivity index (χ1n) is 6.20. The van der Waals surface area contributed by atoms with Crippen molar-refractivity contribution in [3.05, 3.63) is 54.4 Å². The van der Waals surface area contributed by atoms with Crippen molar-refractivity contribution in [2.24, 2.45) is 0 Å². The molecule has 6 nitrogen and oxygen atoms in total. The van der Waals surface area contributed by atoms with E-state index >= 15 is 0 Å². The second-order valence-electron chi connectivity index (χ2n) is 4.31. The third-order valence-electron chi connectivity index (χ3n) is 3.00. The standard InChI is InChI=1S/C15H12N2O4/c1-20-11-5-2-4-10(8-11)17-13(15(18)19)9-12(16-17)14-6-3-7-21-14/h2-9H,1H3,(H,18,19). The lowest BCUT2D eigenvalue weighted by molar-refractivity contribution is 0.0687. The highest BCUT2D eigenvalue weighted by Crippen LogP contribution is 2.23. The van der Waals surface area contributed by atoms with Crippen molar-refractivity contribution in [2.75, 3.05) is 7.11 Å². The zero-order valence-corrected chi connectivity index (χ0v) is 11.2. The summed E-state index contributed by atoms with van der Waals surface area (Å²) in [5, 5.41) is 13.6. The number of hydrogen-bond donors (Lipinski definition) is 1. The van der Waals surface area contributed by atoms with E-state index in [1.54, 1.807) is 43.5 Å². The van der Waals surface area contributed by atoms with Crippen LogP contribution in [-0.4, -0.2) is 28.0 Å². The fraction of sp³-hybridized carbons (Fsp3) is 0.0667. The Kier molecular flexibility index (Phi) is 3.19. The van der Waals surface area contributed by atoms with Crippen LogP contribution in [0.15, 0.2) is 53.1 Å². The van der Waals surface area contributed by atoms with Gasteiger partial charge in [-0.05, 0) is 24.3 Å². The van der Waals surface area contributed by atoms with E-state index < -0.39 is 5.97 Å². The average molecular weight is 284 g/mol. The quantitative estimate of drug-likeness (QED) is 0.797. The molecule has 0 saturated heterocycles. The van der Waals surface area contributed by atoms with Crippen molar-refractivity contribution in [3.63, 3.8) is 0 Å². The number of hydrogen-bond acceptors (Lipinski definition) is 4. The van der Waals surface area contributed by atoms with Crippen LogP contribution in [0.4, 0.5) is 0 Å². The fourth-order valence-corrected chi connectivity index (χ4v) is 2.02. The van der Waals surface area contributed by atoms with Crippen molar-refractivity contribution in [1.29, 1.82) is 0 Å². The van der Waals surface area contributed by atoms with E-state index in [1.165, 1.54) is 17.0 Å². The minimum Gasteiger partial charge on any atom is -0.497 e. The van der Waals surface area contributed by atoms with Gasteiger partial charge in [-0.1, -0.05) is 6.07 Å². The summed E-state index contributed by atoms with van der Waals surface area (Å²) in [6, 6.07) is 11.9. The second-order valence-corrected chi connectivity index (χ2v) is 4.31. The predicted octanol–water partition coefficient (Wildman–Crippen LogP) is 2.84. The van der Waals surface area contributed by atoms with E-state index in [-0.39, 0.29) is 5.69 Å². The van der Waals surface area contributed by atoms with Gasteiger partial charge in [0.1, 0.15) is 11.4 Å². The van der Waals surface area contributed by atoms with Gasteiger partial charge in [-0.2, -0.15) is 5.10 Å². The lowest BCUT2D eigenvalue weighted by atomic mass is 10.3. The first-order chi connectivity index (χ1) is 10.2. The van der Waals surface area contributed by atoms with Gasteiger partial charge in [0.2, 0.25) is 0 Å². The van der Waals surface area contributed by atoms with Gasteiger partial charge in [0.25, 0.3) is 0 Å². The molecule has 0 fully saturated rings. The van der Waals surface area contributed by atoms with E-state index in [2.05, 4.69) is 5.10 Å². The molecular weight excluding hydrogens is 272 g/mol. The van der Waals surface area contributed by atoms with Crippen LogP contribution in [-0.2, 0) is 0 Å². The van der Waals surface area contributed by atoms with Gasteiger partial charge >= 0.3 is 5.97 Å². The summed E-state index contributed by atoms with van der Waals surface area (Å²) >= 11 is 0. The zero-order valence-electron chi connectivity index (χ0n) is 11.2. The Labute approximate surface area is 120 Å². The summed E-state index contributed by atoms with van der Waals surface area (Å²) in [5.41, 5.74) is 1.11. The second kappa shape index (κ2) is 5.16. The van der Waals surface area contributed by atoms with E-state index in [0.717, 1.165) is 0 Å². The number of carboxylic acid groups (broad SMARTS) is 1. The van der Waals surface area contributed by atoms with Crippen LogP contribution >= 0.6 is 0 Å². The van der Waals surface area contributed by atoms with Crippen LogP contribution in [0, 0.1) is 0 Å².